The van der Waals surface area contributed by atoms with Crippen molar-refractivity contribution in [1.82, 2.24) is 9.55 Å². The van der Waals surface area contributed by atoms with Crippen LogP contribution < -0.4 is 11.4 Å². The van der Waals surface area contributed by atoms with Crippen LogP contribution in [0.25, 0.3) is 0 Å². The lowest BCUT2D eigenvalue weighted by Crippen LogP contribution is -2.32. The number of nitrogens with two attached hydrogens (primary N) is 1. The van der Waals surface area contributed by atoms with Crippen LogP contribution in [-0.4, -0.2) is 48.4 Å². The number of phosphoric acid groups is 1. The monoisotopic (exact) mass is 359 g/mol. The number of aliphatic hydroxyl groups is 1. The van der Waals surface area contributed by atoms with Gasteiger partial charge in [0, 0.05) is 6.20 Å². The number of nitrogens with zero attached hydrogens (tertiary/aromatic N) is 2. The molecular formula is C8H15N3O9P2. The number of aliphatic hydroxyl groups excluding tert-OH is 1. The number of rotatable bonds is 8. The Morgan fingerprint density at radius 3 is 2.50 bits per heavy atom. The number of ether oxygens (including phenoxy) is 1. The first-order valence-corrected chi connectivity index (χ1v) is 8.96. The predicted octanol–water partition coefficient (Wildman–Crippen LogP) is -1.54. The topological polar surface area (TPSA) is 194 Å². The smallest absolute Gasteiger partial charge is 0.394 e. The minimum Gasteiger partial charge on any atom is -0.394 e. The Morgan fingerprint density at radius 2 is 2.00 bits per heavy atom. The number of hydrogen-bond donors (Lipinski definition) is 5. The van der Waals surface area contributed by atoms with Gasteiger partial charge in [-0.3, -0.25) is 9.13 Å². The van der Waals surface area contributed by atoms with Crippen molar-refractivity contribution in [3.63, 3.8) is 0 Å². The van der Waals surface area contributed by atoms with Crippen LogP contribution in [0.3, 0.4) is 0 Å². The lowest BCUT2D eigenvalue weighted by molar-refractivity contribution is 0.0188. The maximum absolute atomic E-state index is 11.5. The van der Waals surface area contributed by atoms with Crippen molar-refractivity contribution < 1.29 is 38.0 Å². The molecule has 0 saturated heterocycles. The zero-order chi connectivity index (χ0) is 17.0. The molecule has 0 spiro atoms. The Hall–Kier alpha value is -1.10. The van der Waals surface area contributed by atoms with Gasteiger partial charge in [0.15, 0.2) is 0 Å². The molecule has 1 rings (SSSR count). The van der Waals surface area contributed by atoms with E-state index in [9.17, 15) is 18.8 Å². The lowest BCUT2D eigenvalue weighted by Gasteiger charge is -2.19. The number of aromatic nitrogens is 2. The summed E-state index contributed by atoms with van der Waals surface area (Å²) in [5.41, 5.74) is 4.58. The van der Waals surface area contributed by atoms with E-state index in [4.69, 9.17) is 25.4 Å². The van der Waals surface area contributed by atoms with Crippen molar-refractivity contribution in [2.45, 2.75) is 12.6 Å². The average Bonchev–Trinajstić information content (AvgIpc) is 2.34. The maximum Gasteiger partial charge on any atom is 0.476 e. The maximum atomic E-state index is 11.5. The molecule has 0 aliphatic carbocycles. The Bertz CT molecular complexity index is 657. The van der Waals surface area contributed by atoms with Crippen molar-refractivity contribution in [3.8, 4) is 0 Å². The molecule has 14 heteroatoms. The van der Waals surface area contributed by atoms with Gasteiger partial charge in [0.25, 0.3) is 0 Å². The Morgan fingerprint density at radius 1 is 1.36 bits per heavy atom. The Labute approximate surface area is 123 Å². The summed E-state index contributed by atoms with van der Waals surface area (Å²) in [5.74, 6) is -0.00220. The molecule has 6 N–H and O–H groups in total. The highest BCUT2D eigenvalue weighted by atomic mass is 31.3. The molecule has 0 amide bonds. The molecular weight excluding hydrogens is 344 g/mol. The van der Waals surface area contributed by atoms with Gasteiger partial charge in [-0.1, -0.05) is 0 Å². The second kappa shape index (κ2) is 7.44. The molecule has 1 aromatic rings. The summed E-state index contributed by atoms with van der Waals surface area (Å²) in [6.45, 7) is -0.856. The fraction of sp³-hybridized carbons (Fsp3) is 0.500. The zero-order valence-corrected chi connectivity index (χ0v) is 12.8. The van der Waals surface area contributed by atoms with E-state index in [2.05, 4.69) is 9.29 Å². The van der Waals surface area contributed by atoms with Crippen LogP contribution in [0.2, 0.25) is 0 Å². The predicted molar refractivity (Wildman–Crippen MR) is 72.7 cm³/mol. The molecule has 0 aromatic carbocycles. The molecule has 2 unspecified atom stereocenters. The molecule has 126 valence electrons. The fourth-order valence-corrected chi connectivity index (χ4v) is 3.27. The van der Waals surface area contributed by atoms with Crippen LogP contribution in [-0.2, 0) is 24.7 Å². The molecule has 1 heterocycles. The highest BCUT2D eigenvalue weighted by molar-refractivity contribution is 7.63. The standard InChI is InChI=1S/C8H15N3O9P2/c9-7-1-2-11(8(13)10-7)3-6(4-12)19-5-21(14,15)20-22(16,17)18/h1-2,6,12H,3-5H2,(H,14,15)(H2,9,10,13)(H2,16,17,18). The average molecular weight is 359 g/mol. The van der Waals surface area contributed by atoms with E-state index in [-0.39, 0.29) is 12.4 Å². The molecule has 0 aliphatic heterocycles. The molecule has 0 saturated carbocycles. The van der Waals surface area contributed by atoms with E-state index in [1.807, 2.05) is 0 Å². The van der Waals surface area contributed by atoms with E-state index < -0.39 is 40.2 Å². The summed E-state index contributed by atoms with van der Waals surface area (Å²) in [6, 6.07) is 1.32. The SMILES string of the molecule is Nc1ccn(CC(CO)OCP(=O)(O)OP(=O)(O)O)c(=O)n1. The number of nitrogen functional groups attached to an aromatic ring is 1. The van der Waals surface area contributed by atoms with Crippen LogP contribution in [0.4, 0.5) is 5.82 Å². The van der Waals surface area contributed by atoms with E-state index in [1.165, 1.54) is 12.3 Å². The summed E-state index contributed by atoms with van der Waals surface area (Å²) >= 11 is 0. The molecule has 2 atom stereocenters. The summed E-state index contributed by atoms with van der Waals surface area (Å²) in [5, 5.41) is 9.11. The van der Waals surface area contributed by atoms with Gasteiger partial charge < -0.3 is 30.3 Å². The first-order chi connectivity index (χ1) is 10.0. The molecule has 0 fully saturated rings. The second-order valence-corrected chi connectivity index (χ2v) is 7.26. The van der Waals surface area contributed by atoms with Crippen LogP contribution in [0.5, 0.6) is 0 Å². The fourth-order valence-electron chi connectivity index (χ4n) is 1.35. The van der Waals surface area contributed by atoms with Crippen molar-refractivity contribution in [2.75, 3.05) is 18.7 Å². The van der Waals surface area contributed by atoms with Gasteiger partial charge in [0.1, 0.15) is 12.2 Å². The highest BCUT2D eigenvalue weighted by Gasteiger charge is 2.31. The molecule has 1 aromatic heterocycles. The van der Waals surface area contributed by atoms with Crippen LogP contribution >= 0.6 is 15.4 Å². The van der Waals surface area contributed by atoms with E-state index in [0.29, 0.717) is 0 Å². The number of hydrogen-bond acceptors (Lipinski definition) is 8. The highest BCUT2D eigenvalue weighted by Crippen LogP contribution is 2.56. The Balaban J connectivity index is 2.68. The third kappa shape index (κ3) is 6.77. The summed E-state index contributed by atoms with van der Waals surface area (Å²) < 4.78 is 31.4. The van der Waals surface area contributed by atoms with E-state index >= 15 is 0 Å². The van der Waals surface area contributed by atoms with Gasteiger partial charge >= 0.3 is 21.1 Å². The van der Waals surface area contributed by atoms with Crippen molar-refractivity contribution in [2.24, 2.45) is 0 Å². The third-order valence-corrected chi connectivity index (χ3v) is 4.55. The molecule has 0 aliphatic rings. The van der Waals surface area contributed by atoms with Crippen molar-refractivity contribution in [3.05, 3.63) is 22.7 Å². The zero-order valence-electron chi connectivity index (χ0n) is 11.0. The molecule has 12 nitrogen and oxygen atoms in total. The molecule has 0 radical (unpaired) electrons. The first-order valence-electron chi connectivity index (χ1n) is 5.66. The first kappa shape index (κ1) is 18.9. The van der Waals surface area contributed by atoms with Gasteiger partial charge in [-0.2, -0.15) is 4.98 Å². The van der Waals surface area contributed by atoms with Crippen LogP contribution in [0, 0.1) is 0 Å². The lowest BCUT2D eigenvalue weighted by atomic mass is 10.3. The summed E-state index contributed by atoms with van der Waals surface area (Å²) in [4.78, 5) is 41.0. The van der Waals surface area contributed by atoms with Gasteiger partial charge in [-0.05, 0) is 6.07 Å². The Kier molecular flexibility index (Phi) is 6.41. The molecule has 22 heavy (non-hydrogen) atoms. The van der Waals surface area contributed by atoms with Crippen LogP contribution in [0.15, 0.2) is 17.1 Å². The van der Waals surface area contributed by atoms with E-state index in [0.717, 1.165) is 4.57 Å². The van der Waals surface area contributed by atoms with Crippen molar-refractivity contribution in [1.29, 1.82) is 0 Å². The van der Waals surface area contributed by atoms with Gasteiger partial charge in [-0.15, -0.1) is 0 Å². The molecule has 0 bridgehead atoms. The second-order valence-electron chi connectivity index (χ2n) is 4.10. The van der Waals surface area contributed by atoms with Crippen LogP contribution in [0.1, 0.15) is 0 Å². The number of anilines is 1. The van der Waals surface area contributed by atoms with Gasteiger partial charge in [0.2, 0.25) is 0 Å². The quantitative estimate of drug-likeness (QED) is 0.337. The minimum atomic E-state index is -5.17. The summed E-state index contributed by atoms with van der Waals surface area (Å²) in [7, 11) is -9.90. The van der Waals surface area contributed by atoms with E-state index in [1.54, 1.807) is 0 Å². The summed E-state index contributed by atoms with van der Waals surface area (Å²) in [6.07, 6.45) is -0.911. The van der Waals surface area contributed by atoms with Gasteiger partial charge in [-0.25, -0.2) is 13.7 Å². The largest absolute Gasteiger partial charge is 0.476 e. The normalized spacial score (nSPS) is 16.2. The van der Waals surface area contributed by atoms with Crippen molar-refractivity contribution >= 4 is 21.2 Å². The van der Waals surface area contributed by atoms with Gasteiger partial charge in [0.05, 0.1) is 19.3 Å². The minimum absolute atomic E-state index is 0.00220. The third-order valence-electron chi connectivity index (χ3n) is 2.21.